The van der Waals surface area contributed by atoms with Gasteiger partial charge in [0.15, 0.2) is 0 Å². The standard InChI is InChI=1S/C19H24N4O4/c24-17-4-3-16(18(25)22-17)23-11-13-7-12(1-2-15(13)19(23)26)8-21-10-14-9-20-5-6-27-14/h1-2,7,14,16,20-21H,3-6,8-11H2,(H,22,24,25)/t14-,16?/m1/s1. The average molecular weight is 372 g/mol. The van der Waals surface area contributed by atoms with Crippen molar-refractivity contribution in [3.05, 3.63) is 34.9 Å². The summed E-state index contributed by atoms with van der Waals surface area (Å²) in [5.41, 5.74) is 2.67. The molecule has 2 saturated heterocycles. The van der Waals surface area contributed by atoms with Crippen LogP contribution in [-0.2, 0) is 27.4 Å². The minimum absolute atomic E-state index is 0.138. The van der Waals surface area contributed by atoms with Crippen LogP contribution in [0.2, 0.25) is 0 Å². The molecule has 3 N–H and O–H groups in total. The fourth-order valence-electron chi connectivity index (χ4n) is 3.87. The number of imide groups is 1. The van der Waals surface area contributed by atoms with Crippen LogP contribution in [0.1, 0.15) is 34.3 Å². The van der Waals surface area contributed by atoms with Gasteiger partial charge in [-0.05, 0) is 23.6 Å². The highest BCUT2D eigenvalue weighted by Gasteiger charge is 2.38. The van der Waals surface area contributed by atoms with E-state index in [-0.39, 0.29) is 30.2 Å². The summed E-state index contributed by atoms with van der Waals surface area (Å²) >= 11 is 0. The van der Waals surface area contributed by atoms with Crippen LogP contribution in [0.3, 0.4) is 0 Å². The van der Waals surface area contributed by atoms with E-state index in [1.807, 2.05) is 18.2 Å². The first-order chi connectivity index (χ1) is 13.1. The van der Waals surface area contributed by atoms with Crippen molar-refractivity contribution in [1.29, 1.82) is 0 Å². The second kappa shape index (κ2) is 7.75. The highest BCUT2D eigenvalue weighted by molar-refractivity contribution is 6.05. The minimum Gasteiger partial charge on any atom is -0.374 e. The maximum absolute atomic E-state index is 12.7. The van der Waals surface area contributed by atoms with Crippen LogP contribution in [0.5, 0.6) is 0 Å². The fourth-order valence-corrected chi connectivity index (χ4v) is 3.87. The number of rotatable bonds is 5. The number of carbonyl (C=O) groups is 3. The molecule has 0 bridgehead atoms. The summed E-state index contributed by atoms with van der Waals surface area (Å²) in [6.07, 6.45) is 0.829. The molecule has 0 saturated carbocycles. The summed E-state index contributed by atoms with van der Waals surface area (Å²) in [6, 6.07) is 5.23. The molecule has 3 heterocycles. The van der Waals surface area contributed by atoms with Crippen molar-refractivity contribution in [2.75, 3.05) is 26.2 Å². The molecular weight excluding hydrogens is 348 g/mol. The van der Waals surface area contributed by atoms with Crippen molar-refractivity contribution in [1.82, 2.24) is 20.9 Å². The average Bonchev–Trinajstić information content (AvgIpc) is 2.99. The van der Waals surface area contributed by atoms with Gasteiger partial charge in [-0.15, -0.1) is 0 Å². The van der Waals surface area contributed by atoms with Crippen molar-refractivity contribution in [3.8, 4) is 0 Å². The topological polar surface area (TPSA) is 99.8 Å². The lowest BCUT2D eigenvalue weighted by Crippen LogP contribution is -2.52. The van der Waals surface area contributed by atoms with Crippen molar-refractivity contribution in [2.24, 2.45) is 0 Å². The summed E-state index contributed by atoms with van der Waals surface area (Å²) in [5, 5.41) is 9.02. The smallest absolute Gasteiger partial charge is 0.255 e. The zero-order valence-electron chi connectivity index (χ0n) is 15.1. The van der Waals surface area contributed by atoms with Crippen LogP contribution in [0, 0.1) is 0 Å². The zero-order valence-corrected chi connectivity index (χ0v) is 15.1. The van der Waals surface area contributed by atoms with Gasteiger partial charge < -0.3 is 20.3 Å². The molecule has 3 aliphatic heterocycles. The first-order valence-corrected chi connectivity index (χ1v) is 9.41. The predicted octanol–water partition coefficient (Wildman–Crippen LogP) is -0.474. The number of ether oxygens (including phenoxy) is 1. The zero-order chi connectivity index (χ0) is 18.8. The number of nitrogens with zero attached hydrogens (tertiary/aromatic N) is 1. The lowest BCUT2D eigenvalue weighted by Gasteiger charge is -2.29. The molecule has 27 heavy (non-hydrogen) atoms. The van der Waals surface area contributed by atoms with Gasteiger partial charge in [0.1, 0.15) is 6.04 Å². The number of hydrogen-bond acceptors (Lipinski definition) is 6. The molecule has 8 heteroatoms. The summed E-state index contributed by atoms with van der Waals surface area (Å²) < 4.78 is 5.66. The molecule has 0 spiro atoms. The fraction of sp³-hybridized carbons (Fsp3) is 0.526. The molecule has 144 valence electrons. The number of morpholine rings is 1. The van der Waals surface area contributed by atoms with E-state index in [1.165, 1.54) is 0 Å². The molecule has 0 aromatic heterocycles. The Morgan fingerprint density at radius 1 is 1.26 bits per heavy atom. The Morgan fingerprint density at radius 2 is 2.15 bits per heavy atom. The summed E-state index contributed by atoms with van der Waals surface area (Å²) in [6.45, 7) is 4.37. The normalized spacial score (nSPS) is 25.5. The Morgan fingerprint density at radius 3 is 2.93 bits per heavy atom. The Labute approximate surface area is 157 Å². The molecule has 1 aromatic rings. The van der Waals surface area contributed by atoms with Crippen LogP contribution in [0.4, 0.5) is 0 Å². The van der Waals surface area contributed by atoms with Crippen LogP contribution in [0.15, 0.2) is 18.2 Å². The van der Waals surface area contributed by atoms with E-state index >= 15 is 0 Å². The van der Waals surface area contributed by atoms with E-state index in [1.54, 1.807) is 4.90 Å². The van der Waals surface area contributed by atoms with Crippen molar-refractivity contribution in [2.45, 2.75) is 38.1 Å². The van der Waals surface area contributed by atoms with Gasteiger partial charge in [-0.3, -0.25) is 19.7 Å². The maximum atomic E-state index is 12.7. The molecule has 1 unspecified atom stereocenters. The molecular formula is C19H24N4O4. The van der Waals surface area contributed by atoms with Crippen LogP contribution in [-0.4, -0.2) is 61.0 Å². The summed E-state index contributed by atoms with van der Waals surface area (Å²) in [7, 11) is 0. The van der Waals surface area contributed by atoms with Gasteiger partial charge in [0.05, 0.1) is 12.7 Å². The molecule has 1 aromatic carbocycles. The van der Waals surface area contributed by atoms with E-state index in [0.29, 0.717) is 25.1 Å². The number of piperidine rings is 1. The van der Waals surface area contributed by atoms with E-state index in [9.17, 15) is 14.4 Å². The molecule has 2 fully saturated rings. The predicted molar refractivity (Wildman–Crippen MR) is 96.8 cm³/mol. The summed E-state index contributed by atoms with van der Waals surface area (Å²) in [4.78, 5) is 37.7. The van der Waals surface area contributed by atoms with E-state index in [0.717, 1.165) is 37.4 Å². The Hall–Kier alpha value is -2.29. The number of fused-ring (bicyclic) bond motifs is 1. The lowest BCUT2D eigenvalue weighted by molar-refractivity contribution is -0.136. The van der Waals surface area contributed by atoms with Crippen LogP contribution in [0.25, 0.3) is 0 Å². The number of amides is 3. The van der Waals surface area contributed by atoms with Gasteiger partial charge in [-0.25, -0.2) is 0 Å². The third kappa shape index (κ3) is 3.87. The Kier molecular flexibility index (Phi) is 5.20. The van der Waals surface area contributed by atoms with E-state index in [4.69, 9.17) is 4.74 Å². The molecule has 2 atom stereocenters. The van der Waals surface area contributed by atoms with Gasteiger partial charge in [-0.2, -0.15) is 0 Å². The Balaban J connectivity index is 1.37. The summed E-state index contributed by atoms with van der Waals surface area (Å²) in [5.74, 6) is -0.790. The van der Waals surface area contributed by atoms with E-state index < -0.39 is 6.04 Å². The highest BCUT2D eigenvalue weighted by Crippen LogP contribution is 2.28. The number of hydrogen-bond donors (Lipinski definition) is 3. The molecule has 0 aliphatic carbocycles. The molecule has 4 rings (SSSR count). The first-order valence-electron chi connectivity index (χ1n) is 9.41. The molecule has 0 radical (unpaired) electrons. The molecule has 3 amide bonds. The minimum atomic E-state index is -0.569. The van der Waals surface area contributed by atoms with Crippen LogP contribution < -0.4 is 16.0 Å². The van der Waals surface area contributed by atoms with Crippen molar-refractivity contribution >= 4 is 17.7 Å². The third-order valence-corrected chi connectivity index (χ3v) is 5.29. The van der Waals surface area contributed by atoms with E-state index in [2.05, 4.69) is 16.0 Å². The number of benzene rings is 1. The van der Waals surface area contributed by atoms with Crippen molar-refractivity contribution in [3.63, 3.8) is 0 Å². The van der Waals surface area contributed by atoms with Gasteiger partial charge >= 0.3 is 0 Å². The quantitative estimate of drug-likeness (QED) is 0.604. The second-order valence-electron chi connectivity index (χ2n) is 7.22. The van der Waals surface area contributed by atoms with Gasteiger partial charge in [-0.1, -0.05) is 12.1 Å². The molecule has 3 aliphatic rings. The maximum Gasteiger partial charge on any atom is 0.255 e. The van der Waals surface area contributed by atoms with Crippen molar-refractivity contribution < 1.29 is 19.1 Å². The van der Waals surface area contributed by atoms with Gasteiger partial charge in [0.25, 0.3) is 5.91 Å². The monoisotopic (exact) mass is 372 g/mol. The highest BCUT2D eigenvalue weighted by atomic mass is 16.5. The van der Waals surface area contributed by atoms with Gasteiger partial charge in [0.2, 0.25) is 11.8 Å². The lowest BCUT2D eigenvalue weighted by atomic mass is 10.0. The first kappa shape index (κ1) is 18.1. The number of nitrogens with one attached hydrogen (secondary N) is 3. The Bertz CT molecular complexity index is 760. The van der Waals surface area contributed by atoms with Crippen LogP contribution >= 0.6 is 0 Å². The largest absolute Gasteiger partial charge is 0.374 e. The second-order valence-corrected chi connectivity index (χ2v) is 7.22. The van der Waals surface area contributed by atoms with Gasteiger partial charge in [0, 0.05) is 44.7 Å². The molecule has 8 nitrogen and oxygen atoms in total. The SMILES string of the molecule is O=C1CCC(N2Cc3cc(CNC[C@H]4CNCCO4)ccc3C2=O)C(=O)N1. The number of carbonyl (C=O) groups excluding carboxylic acids is 3. The third-order valence-electron chi connectivity index (χ3n) is 5.29.